The number of hydrogen-bond donors (Lipinski definition) is 1. The molecule has 0 aromatic heterocycles. The molecular formula is C17H28N2O3S. The summed E-state index contributed by atoms with van der Waals surface area (Å²) in [6.45, 7) is 11.7. The summed E-state index contributed by atoms with van der Waals surface area (Å²) in [5.74, 6) is 0. The number of hydrogen-bond acceptors (Lipinski definition) is 4. The highest BCUT2D eigenvalue weighted by molar-refractivity contribution is 7.89. The largest absolute Gasteiger partial charge is 0.392 e. The van der Waals surface area contributed by atoms with Gasteiger partial charge in [-0.05, 0) is 45.7 Å². The number of aryl methyl sites for hydroxylation is 3. The molecule has 2 rings (SSSR count). The van der Waals surface area contributed by atoms with Crippen molar-refractivity contribution in [1.82, 2.24) is 9.21 Å². The van der Waals surface area contributed by atoms with Crippen molar-refractivity contribution in [3.63, 3.8) is 0 Å². The smallest absolute Gasteiger partial charge is 0.243 e. The summed E-state index contributed by atoms with van der Waals surface area (Å²) >= 11 is 0. The van der Waals surface area contributed by atoms with Crippen molar-refractivity contribution in [3.05, 3.63) is 28.8 Å². The first-order valence-corrected chi connectivity index (χ1v) is 9.58. The summed E-state index contributed by atoms with van der Waals surface area (Å²) < 4.78 is 27.6. The standard InChI is InChI=1S/C17H28N2O3S/c1-12-10-13(2)17(14(3)11-12)23(21,22)19-8-6-18(7-9-19)15(4)16(5)20/h10-11,15-16,20H,6-9H2,1-5H3. The first-order valence-electron chi connectivity index (χ1n) is 8.14. The fourth-order valence-corrected chi connectivity index (χ4v) is 5.19. The van der Waals surface area contributed by atoms with E-state index in [2.05, 4.69) is 4.90 Å². The summed E-state index contributed by atoms with van der Waals surface area (Å²) in [5, 5.41) is 9.70. The second kappa shape index (κ2) is 6.89. The molecule has 5 nitrogen and oxygen atoms in total. The van der Waals surface area contributed by atoms with E-state index in [0.717, 1.165) is 16.7 Å². The van der Waals surface area contributed by atoms with Crippen LogP contribution in [-0.2, 0) is 10.0 Å². The van der Waals surface area contributed by atoms with Crippen molar-refractivity contribution < 1.29 is 13.5 Å². The Kier molecular flexibility index (Phi) is 5.51. The van der Waals surface area contributed by atoms with E-state index in [9.17, 15) is 13.5 Å². The number of rotatable bonds is 4. The van der Waals surface area contributed by atoms with Gasteiger partial charge in [0, 0.05) is 32.2 Å². The SMILES string of the molecule is Cc1cc(C)c(S(=O)(=O)N2CCN(C(C)C(C)O)CC2)c(C)c1. The van der Waals surface area contributed by atoms with Crippen LogP contribution in [0.2, 0.25) is 0 Å². The molecule has 1 aliphatic heterocycles. The number of sulfonamides is 1. The second-order valence-electron chi connectivity index (χ2n) is 6.65. The third kappa shape index (κ3) is 3.76. The Morgan fingerprint density at radius 2 is 1.48 bits per heavy atom. The van der Waals surface area contributed by atoms with Crippen LogP contribution >= 0.6 is 0 Å². The quantitative estimate of drug-likeness (QED) is 0.906. The average molecular weight is 340 g/mol. The fourth-order valence-electron chi connectivity index (χ4n) is 3.36. The Bertz CT molecular complexity index is 639. The molecule has 0 aliphatic carbocycles. The van der Waals surface area contributed by atoms with Gasteiger partial charge in [0.15, 0.2) is 0 Å². The van der Waals surface area contributed by atoms with Gasteiger partial charge in [-0.2, -0.15) is 4.31 Å². The maximum absolute atomic E-state index is 13.0. The summed E-state index contributed by atoms with van der Waals surface area (Å²) in [6, 6.07) is 3.89. The molecule has 6 heteroatoms. The van der Waals surface area contributed by atoms with Crippen molar-refractivity contribution in [2.24, 2.45) is 0 Å². The third-order valence-corrected chi connectivity index (χ3v) is 6.95. The molecule has 0 amide bonds. The lowest BCUT2D eigenvalue weighted by atomic mass is 10.1. The van der Waals surface area contributed by atoms with E-state index in [1.165, 1.54) is 0 Å². The van der Waals surface area contributed by atoms with Gasteiger partial charge in [-0.15, -0.1) is 0 Å². The minimum atomic E-state index is -3.47. The molecule has 0 bridgehead atoms. The van der Waals surface area contributed by atoms with Gasteiger partial charge in [0.1, 0.15) is 0 Å². The number of aliphatic hydroxyl groups is 1. The van der Waals surface area contributed by atoms with Gasteiger partial charge in [-0.1, -0.05) is 17.7 Å². The number of aliphatic hydroxyl groups excluding tert-OH is 1. The minimum absolute atomic E-state index is 0.0442. The molecule has 1 aliphatic rings. The molecule has 0 saturated carbocycles. The third-order valence-electron chi connectivity index (χ3n) is 4.75. The van der Waals surface area contributed by atoms with Gasteiger partial charge in [-0.3, -0.25) is 4.90 Å². The molecule has 1 aromatic carbocycles. The molecule has 1 fully saturated rings. The zero-order valence-corrected chi connectivity index (χ0v) is 15.5. The van der Waals surface area contributed by atoms with Crippen molar-refractivity contribution in [2.45, 2.75) is 51.7 Å². The molecule has 23 heavy (non-hydrogen) atoms. The number of nitrogens with zero attached hydrogens (tertiary/aromatic N) is 2. The maximum Gasteiger partial charge on any atom is 0.243 e. The molecular weight excluding hydrogens is 312 g/mol. The zero-order valence-electron chi connectivity index (χ0n) is 14.7. The Balaban J connectivity index is 2.20. The highest BCUT2D eigenvalue weighted by Crippen LogP contribution is 2.26. The summed E-state index contributed by atoms with van der Waals surface area (Å²) in [7, 11) is -3.47. The average Bonchev–Trinajstić information content (AvgIpc) is 2.45. The van der Waals surface area contributed by atoms with E-state index < -0.39 is 16.1 Å². The lowest BCUT2D eigenvalue weighted by Gasteiger charge is -2.38. The van der Waals surface area contributed by atoms with Crippen molar-refractivity contribution in [1.29, 1.82) is 0 Å². The van der Waals surface area contributed by atoms with E-state index >= 15 is 0 Å². The predicted molar refractivity (Wildman–Crippen MR) is 92.1 cm³/mol. The first kappa shape index (κ1) is 18.4. The lowest BCUT2D eigenvalue weighted by molar-refractivity contribution is 0.0512. The Morgan fingerprint density at radius 1 is 1.00 bits per heavy atom. The van der Waals surface area contributed by atoms with E-state index in [4.69, 9.17) is 0 Å². The molecule has 1 saturated heterocycles. The predicted octanol–water partition coefficient (Wildman–Crippen LogP) is 1.69. The van der Waals surface area contributed by atoms with Gasteiger partial charge in [-0.25, -0.2) is 8.42 Å². The lowest BCUT2D eigenvalue weighted by Crippen LogP contribution is -2.53. The monoisotopic (exact) mass is 340 g/mol. The first-order chi connectivity index (χ1) is 10.6. The van der Waals surface area contributed by atoms with Crippen LogP contribution in [0.3, 0.4) is 0 Å². The number of benzene rings is 1. The molecule has 1 N–H and O–H groups in total. The van der Waals surface area contributed by atoms with Crippen molar-refractivity contribution >= 4 is 10.0 Å². The molecule has 2 atom stereocenters. The molecule has 1 heterocycles. The zero-order chi connectivity index (χ0) is 17.4. The minimum Gasteiger partial charge on any atom is -0.392 e. The van der Waals surface area contributed by atoms with Crippen LogP contribution in [0.5, 0.6) is 0 Å². The van der Waals surface area contributed by atoms with Crippen molar-refractivity contribution in [3.8, 4) is 0 Å². The molecule has 0 spiro atoms. The van der Waals surface area contributed by atoms with E-state index in [-0.39, 0.29) is 6.04 Å². The Labute approximate surface area is 140 Å². The van der Waals surface area contributed by atoms with Gasteiger partial charge in [0.25, 0.3) is 0 Å². The van der Waals surface area contributed by atoms with E-state index in [1.54, 1.807) is 11.2 Å². The second-order valence-corrected chi connectivity index (χ2v) is 8.52. The van der Waals surface area contributed by atoms with Crippen LogP contribution in [0, 0.1) is 20.8 Å². The maximum atomic E-state index is 13.0. The van der Waals surface area contributed by atoms with Crippen LogP contribution in [0.15, 0.2) is 17.0 Å². The fraction of sp³-hybridized carbons (Fsp3) is 0.647. The van der Waals surface area contributed by atoms with E-state index in [1.807, 2.05) is 39.8 Å². The Morgan fingerprint density at radius 3 is 1.91 bits per heavy atom. The van der Waals surface area contributed by atoms with Crippen LogP contribution in [-0.4, -0.2) is 61.1 Å². The van der Waals surface area contributed by atoms with Gasteiger partial charge < -0.3 is 5.11 Å². The highest BCUT2D eigenvalue weighted by Gasteiger charge is 2.32. The van der Waals surface area contributed by atoms with Crippen LogP contribution in [0.25, 0.3) is 0 Å². The summed E-state index contributed by atoms with van der Waals surface area (Å²) in [4.78, 5) is 2.59. The van der Waals surface area contributed by atoms with Crippen LogP contribution in [0.1, 0.15) is 30.5 Å². The molecule has 1 aromatic rings. The topological polar surface area (TPSA) is 60.9 Å². The van der Waals surface area contributed by atoms with Gasteiger partial charge in [0.2, 0.25) is 10.0 Å². The molecule has 2 unspecified atom stereocenters. The van der Waals surface area contributed by atoms with Crippen LogP contribution in [0.4, 0.5) is 0 Å². The van der Waals surface area contributed by atoms with Gasteiger partial charge in [0.05, 0.1) is 11.0 Å². The number of piperazine rings is 1. The molecule has 0 radical (unpaired) electrons. The summed E-state index contributed by atoms with van der Waals surface area (Å²) in [5.41, 5.74) is 2.69. The normalized spacial score (nSPS) is 20.4. The van der Waals surface area contributed by atoms with Gasteiger partial charge >= 0.3 is 0 Å². The summed E-state index contributed by atoms with van der Waals surface area (Å²) in [6.07, 6.45) is -0.417. The highest BCUT2D eigenvalue weighted by atomic mass is 32.2. The van der Waals surface area contributed by atoms with E-state index in [0.29, 0.717) is 31.1 Å². The van der Waals surface area contributed by atoms with Crippen LogP contribution < -0.4 is 0 Å². The Hall–Kier alpha value is -0.950. The molecule has 130 valence electrons. The van der Waals surface area contributed by atoms with Crippen molar-refractivity contribution in [2.75, 3.05) is 26.2 Å².